The summed E-state index contributed by atoms with van der Waals surface area (Å²) < 4.78 is 43.5. The number of rotatable bonds is 20. The molecule has 0 aromatic carbocycles. The number of carbonyl (C=O) groups is 2. The summed E-state index contributed by atoms with van der Waals surface area (Å²) in [6, 6.07) is 0. The average molecular weight is 503 g/mol. The molecule has 33 heavy (non-hydrogen) atoms. The summed E-state index contributed by atoms with van der Waals surface area (Å²) in [5, 5.41) is -1.95. The van der Waals surface area contributed by atoms with E-state index >= 15 is 0 Å². The molecule has 192 valence electrons. The Hall–Kier alpha value is -0.150. The Morgan fingerprint density at radius 2 is 1.21 bits per heavy atom. The fourth-order valence-electron chi connectivity index (χ4n) is 3.83. The van der Waals surface area contributed by atoms with Gasteiger partial charge in [-0.25, -0.2) is 0 Å². The van der Waals surface area contributed by atoms with Gasteiger partial charge in [-0.15, -0.1) is 0 Å². The third-order valence-electron chi connectivity index (χ3n) is 5.74. The van der Waals surface area contributed by atoms with Gasteiger partial charge in [0, 0.05) is 0 Å². The van der Waals surface area contributed by atoms with Crippen molar-refractivity contribution in [2.45, 2.75) is 116 Å². The standard InChI is InChI=1S/C24H46O7S.Na.H/c1-5-9-11-15-20(13-7-3)18-30-23(25)17-22(32(27,28)29)24(26)31-19-21(14-8-4)16-12-10-6-2;;/h20-22H,5-19H2,1-4H3,(H,27,28,29);;/q;+1;-1. The summed E-state index contributed by atoms with van der Waals surface area (Å²) >= 11 is 0. The predicted molar refractivity (Wildman–Crippen MR) is 128 cm³/mol. The van der Waals surface area contributed by atoms with Crippen molar-refractivity contribution < 1.29 is 63.0 Å². The molecule has 0 bridgehead atoms. The molecule has 1 N–H and O–H groups in total. The van der Waals surface area contributed by atoms with E-state index in [-0.39, 0.29) is 56.0 Å². The maximum absolute atomic E-state index is 12.4. The molecule has 3 unspecified atom stereocenters. The smallest absolute Gasteiger partial charge is 1.00 e. The second-order valence-corrected chi connectivity index (χ2v) is 10.4. The van der Waals surface area contributed by atoms with Gasteiger partial charge in [0.15, 0.2) is 5.25 Å². The first-order valence-electron chi connectivity index (χ1n) is 12.5. The van der Waals surface area contributed by atoms with Gasteiger partial charge in [0.25, 0.3) is 10.1 Å². The molecule has 0 saturated carbocycles. The van der Waals surface area contributed by atoms with E-state index in [4.69, 9.17) is 9.47 Å². The van der Waals surface area contributed by atoms with E-state index in [1.807, 2.05) is 6.92 Å². The molecule has 0 aliphatic heterocycles. The summed E-state index contributed by atoms with van der Waals surface area (Å²) in [4.78, 5) is 24.7. The van der Waals surface area contributed by atoms with Crippen LogP contribution in [0.5, 0.6) is 0 Å². The van der Waals surface area contributed by atoms with Crippen molar-refractivity contribution in [2.24, 2.45) is 11.8 Å². The maximum Gasteiger partial charge on any atom is 1.00 e. The van der Waals surface area contributed by atoms with Crippen LogP contribution in [0.3, 0.4) is 0 Å². The third kappa shape index (κ3) is 17.9. The molecular weight excluding hydrogens is 455 g/mol. The topological polar surface area (TPSA) is 107 Å². The van der Waals surface area contributed by atoms with Gasteiger partial charge in [-0.3, -0.25) is 14.1 Å². The fourth-order valence-corrected chi connectivity index (χ4v) is 4.49. The van der Waals surface area contributed by atoms with Crippen LogP contribution in [0, 0.1) is 11.8 Å². The number of hydrogen-bond donors (Lipinski definition) is 1. The van der Waals surface area contributed by atoms with E-state index in [9.17, 15) is 22.6 Å². The first-order chi connectivity index (χ1) is 15.2. The second-order valence-electron chi connectivity index (χ2n) is 8.82. The Morgan fingerprint density at radius 1 is 0.758 bits per heavy atom. The molecule has 0 fully saturated rings. The quantitative estimate of drug-likeness (QED) is 0.118. The van der Waals surface area contributed by atoms with Crippen molar-refractivity contribution in [1.29, 1.82) is 0 Å². The van der Waals surface area contributed by atoms with Crippen LogP contribution in [0.2, 0.25) is 0 Å². The molecule has 9 heteroatoms. The van der Waals surface area contributed by atoms with Gasteiger partial charge < -0.3 is 10.9 Å². The second kappa shape index (κ2) is 21.2. The number of hydrogen-bond acceptors (Lipinski definition) is 6. The first-order valence-corrected chi connectivity index (χ1v) is 14.0. The van der Waals surface area contributed by atoms with E-state index in [0.717, 1.165) is 77.0 Å². The van der Waals surface area contributed by atoms with Crippen LogP contribution in [0.1, 0.15) is 113 Å². The van der Waals surface area contributed by atoms with Crippen LogP contribution in [-0.2, 0) is 29.2 Å². The number of ether oxygens (including phenoxy) is 2. The molecule has 0 heterocycles. The summed E-state index contributed by atoms with van der Waals surface area (Å²) in [5.74, 6) is -1.55. The molecule has 0 amide bonds. The maximum atomic E-state index is 12.4. The SMILES string of the molecule is CCCCCC(CCC)COC(=O)CC(C(=O)OCC(CCC)CCCCC)S(=O)(=O)O.[H-].[Na+]. The number of unbranched alkanes of at least 4 members (excludes halogenated alkanes) is 4. The van der Waals surface area contributed by atoms with Gasteiger partial charge in [-0.05, 0) is 37.5 Å². The summed E-state index contributed by atoms with van der Waals surface area (Å²) in [5.41, 5.74) is 0. The van der Waals surface area contributed by atoms with Crippen LogP contribution in [0.15, 0.2) is 0 Å². The van der Waals surface area contributed by atoms with Crippen molar-refractivity contribution >= 4 is 22.1 Å². The van der Waals surface area contributed by atoms with Crippen molar-refractivity contribution in [3.8, 4) is 0 Å². The van der Waals surface area contributed by atoms with Crippen molar-refractivity contribution in [3.05, 3.63) is 0 Å². The Balaban J connectivity index is -0.00000480. The normalized spacial score (nSPS) is 14.1. The van der Waals surface area contributed by atoms with Gasteiger partial charge in [-0.1, -0.05) is 79.1 Å². The molecule has 7 nitrogen and oxygen atoms in total. The van der Waals surface area contributed by atoms with Crippen LogP contribution in [0.4, 0.5) is 0 Å². The zero-order chi connectivity index (χ0) is 24.4. The average Bonchev–Trinajstić information content (AvgIpc) is 2.73. The van der Waals surface area contributed by atoms with E-state index in [2.05, 4.69) is 20.8 Å². The zero-order valence-corrected chi connectivity index (χ0v) is 24.5. The number of carbonyl (C=O) groups excluding carboxylic acids is 2. The first kappa shape index (κ1) is 35.0. The van der Waals surface area contributed by atoms with Crippen molar-refractivity contribution in [1.82, 2.24) is 0 Å². The minimum absolute atomic E-state index is 0. The van der Waals surface area contributed by atoms with Gasteiger partial charge >= 0.3 is 41.5 Å². The molecule has 0 aliphatic rings. The molecule has 0 spiro atoms. The van der Waals surface area contributed by atoms with E-state index in [0.29, 0.717) is 0 Å². The third-order valence-corrected chi connectivity index (χ3v) is 6.82. The van der Waals surface area contributed by atoms with Crippen molar-refractivity contribution in [3.63, 3.8) is 0 Å². The molecule has 3 atom stereocenters. The summed E-state index contributed by atoms with van der Waals surface area (Å²) in [6.07, 6.45) is 11.2. The van der Waals surface area contributed by atoms with Crippen LogP contribution >= 0.6 is 0 Å². The van der Waals surface area contributed by atoms with Crippen LogP contribution < -0.4 is 29.6 Å². The minimum Gasteiger partial charge on any atom is -1.00 e. The van der Waals surface area contributed by atoms with E-state index in [1.165, 1.54) is 0 Å². The van der Waals surface area contributed by atoms with Gasteiger partial charge in [0.05, 0.1) is 19.6 Å². The van der Waals surface area contributed by atoms with Gasteiger partial charge in [0.2, 0.25) is 0 Å². The fraction of sp³-hybridized carbons (Fsp3) is 0.917. The summed E-state index contributed by atoms with van der Waals surface area (Å²) in [7, 11) is -4.78. The molecule has 0 aromatic heterocycles. The Labute approximate surface area is 225 Å². The monoisotopic (exact) mass is 502 g/mol. The van der Waals surface area contributed by atoms with Gasteiger partial charge in [-0.2, -0.15) is 8.42 Å². The van der Waals surface area contributed by atoms with Crippen LogP contribution in [0.25, 0.3) is 0 Å². The van der Waals surface area contributed by atoms with Gasteiger partial charge in [0.1, 0.15) is 0 Å². The molecule has 0 rings (SSSR count). The van der Waals surface area contributed by atoms with Crippen LogP contribution in [-0.4, -0.2) is 43.4 Å². The van der Waals surface area contributed by atoms with E-state index in [1.54, 1.807) is 0 Å². The predicted octanol–water partition coefficient (Wildman–Crippen LogP) is 2.83. The largest absolute Gasteiger partial charge is 1.00 e. The van der Waals surface area contributed by atoms with E-state index < -0.39 is 33.7 Å². The zero-order valence-electron chi connectivity index (χ0n) is 22.6. The Bertz CT molecular complexity index is 616. The number of esters is 2. The molecule has 0 aliphatic carbocycles. The Kier molecular flexibility index (Phi) is 22.5. The minimum atomic E-state index is -4.78. The molecule has 0 aromatic rings. The summed E-state index contributed by atoms with van der Waals surface area (Å²) in [6.45, 7) is 8.62. The molecule has 0 radical (unpaired) electrons. The Morgan fingerprint density at radius 3 is 1.61 bits per heavy atom. The molecular formula is C24H47NaO7S. The van der Waals surface area contributed by atoms with Crippen molar-refractivity contribution in [2.75, 3.05) is 13.2 Å². The molecule has 0 saturated heterocycles.